The van der Waals surface area contributed by atoms with E-state index >= 15 is 0 Å². The molecule has 13 heteroatoms. The Morgan fingerprint density at radius 2 is 1.65 bits per heavy atom. The highest BCUT2D eigenvalue weighted by Crippen LogP contribution is 2.38. The van der Waals surface area contributed by atoms with Crippen LogP contribution >= 0.6 is 0 Å². The van der Waals surface area contributed by atoms with E-state index < -0.39 is 33.2 Å². The first-order valence-electron chi connectivity index (χ1n) is 10.3. The molecule has 1 heterocycles. The fraction of sp³-hybridized carbons (Fsp3) is 0.0833. The minimum atomic E-state index is -4.75. The highest BCUT2D eigenvalue weighted by atomic mass is 19.4. The molecule has 1 aliphatic rings. The second-order valence-corrected chi connectivity index (χ2v) is 7.65. The van der Waals surface area contributed by atoms with Gasteiger partial charge in [0.2, 0.25) is 11.6 Å². The van der Waals surface area contributed by atoms with Gasteiger partial charge in [-0.1, -0.05) is 18.2 Å². The van der Waals surface area contributed by atoms with Crippen molar-refractivity contribution in [3.8, 4) is 11.5 Å². The number of benzene rings is 3. The maximum absolute atomic E-state index is 12.9. The number of alkyl halides is 3. The van der Waals surface area contributed by atoms with E-state index in [1.165, 1.54) is 55.5 Å². The summed E-state index contributed by atoms with van der Waals surface area (Å²) in [6.07, 6.45) is -3.37. The summed E-state index contributed by atoms with van der Waals surface area (Å²) < 4.78 is 49.2. The van der Waals surface area contributed by atoms with Crippen molar-refractivity contribution in [3.05, 3.63) is 109 Å². The summed E-state index contributed by atoms with van der Waals surface area (Å²) in [4.78, 5) is 37.3. The number of carbonyl (C=O) groups is 1. The van der Waals surface area contributed by atoms with Crippen LogP contribution in [0, 0.1) is 27.2 Å². The van der Waals surface area contributed by atoms with Gasteiger partial charge in [0, 0.05) is 23.3 Å². The summed E-state index contributed by atoms with van der Waals surface area (Å²) in [5, 5.41) is 22.4. The van der Waals surface area contributed by atoms with Crippen LogP contribution < -0.4 is 4.74 Å². The molecule has 0 fully saturated rings. The summed E-state index contributed by atoms with van der Waals surface area (Å²) in [6, 6.07) is 12.0. The first-order chi connectivity index (χ1) is 17.4. The van der Waals surface area contributed by atoms with Crippen molar-refractivity contribution in [1.29, 1.82) is 0 Å². The van der Waals surface area contributed by atoms with Crippen LogP contribution in [0.1, 0.15) is 22.3 Å². The topological polar surface area (TPSA) is 134 Å². The van der Waals surface area contributed by atoms with Gasteiger partial charge in [0.15, 0.2) is 5.70 Å². The van der Waals surface area contributed by atoms with Crippen LogP contribution in [0.25, 0.3) is 6.08 Å². The number of halogens is 3. The lowest BCUT2D eigenvalue weighted by atomic mass is 10.1. The minimum Gasteiger partial charge on any atom is -0.450 e. The predicted molar refractivity (Wildman–Crippen MR) is 123 cm³/mol. The fourth-order valence-corrected chi connectivity index (χ4v) is 3.42. The zero-order chi connectivity index (χ0) is 26.9. The van der Waals surface area contributed by atoms with E-state index in [1.54, 1.807) is 0 Å². The third kappa shape index (κ3) is 5.29. The lowest BCUT2D eigenvalue weighted by molar-refractivity contribution is -0.385. The summed E-state index contributed by atoms with van der Waals surface area (Å²) in [5.74, 6) is -1.16. The smallest absolute Gasteiger partial charge is 0.416 e. The number of hydrogen-bond donors (Lipinski definition) is 0. The molecular formula is C24H14F3N3O7. The molecule has 188 valence electrons. The molecule has 0 saturated heterocycles. The van der Waals surface area contributed by atoms with Crippen LogP contribution in [-0.2, 0) is 15.7 Å². The number of carbonyl (C=O) groups excluding carboxylic acids is 1. The predicted octanol–water partition coefficient (Wildman–Crippen LogP) is 5.97. The van der Waals surface area contributed by atoms with Crippen LogP contribution in [0.2, 0.25) is 0 Å². The Morgan fingerprint density at radius 3 is 2.27 bits per heavy atom. The quantitative estimate of drug-likeness (QED) is 0.172. The molecule has 0 N–H and O–H groups in total. The van der Waals surface area contributed by atoms with Gasteiger partial charge in [-0.05, 0) is 48.9 Å². The van der Waals surface area contributed by atoms with Crippen molar-refractivity contribution < 1.29 is 37.3 Å². The van der Waals surface area contributed by atoms with Crippen LogP contribution in [-0.4, -0.2) is 21.7 Å². The van der Waals surface area contributed by atoms with E-state index in [0.717, 1.165) is 6.07 Å². The fourth-order valence-electron chi connectivity index (χ4n) is 3.42. The number of rotatable bonds is 6. The number of ether oxygens (including phenoxy) is 2. The lowest BCUT2D eigenvalue weighted by Crippen LogP contribution is -2.08. The number of esters is 1. The Hall–Kier alpha value is -5.07. The van der Waals surface area contributed by atoms with Crippen molar-refractivity contribution >= 4 is 29.3 Å². The van der Waals surface area contributed by atoms with Gasteiger partial charge in [-0.15, -0.1) is 0 Å². The molecule has 0 radical (unpaired) electrons. The summed E-state index contributed by atoms with van der Waals surface area (Å²) in [6.45, 7) is 1.51. The zero-order valence-corrected chi connectivity index (χ0v) is 18.7. The van der Waals surface area contributed by atoms with Crippen molar-refractivity contribution in [2.45, 2.75) is 13.1 Å². The average molecular weight is 513 g/mol. The molecule has 0 saturated carbocycles. The SMILES string of the molecule is Cc1c(C2=N/C(=C\c3ccc(Oc4ccc(C(F)(F)F)cc4[N+](=O)[O-])cc3)C(=O)O2)cccc1[N+](=O)[O-]. The van der Waals surface area contributed by atoms with Gasteiger partial charge in [0.25, 0.3) is 5.69 Å². The maximum Gasteiger partial charge on any atom is 0.416 e. The lowest BCUT2D eigenvalue weighted by Gasteiger charge is -2.10. The molecule has 0 spiro atoms. The van der Waals surface area contributed by atoms with Gasteiger partial charge in [-0.25, -0.2) is 9.79 Å². The monoisotopic (exact) mass is 513 g/mol. The highest BCUT2D eigenvalue weighted by molar-refractivity contribution is 6.13. The summed E-state index contributed by atoms with van der Waals surface area (Å²) in [5.41, 5.74) is -1.25. The second-order valence-electron chi connectivity index (χ2n) is 7.65. The summed E-state index contributed by atoms with van der Waals surface area (Å²) in [7, 11) is 0. The van der Waals surface area contributed by atoms with Crippen molar-refractivity contribution in [1.82, 2.24) is 0 Å². The molecule has 10 nitrogen and oxygen atoms in total. The van der Waals surface area contributed by atoms with E-state index in [9.17, 15) is 38.2 Å². The standard InChI is InChI=1S/C24H14F3N3O7/c1-13-17(3-2-4-19(13)29(32)33)22-28-18(23(31)37-22)11-14-5-8-16(9-6-14)36-21-10-7-15(24(25,26)27)12-20(21)30(34)35/h2-12H,1H3/b18-11-. The third-order valence-corrected chi connectivity index (χ3v) is 5.25. The molecule has 3 aromatic rings. The number of nitro groups is 2. The van der Waals surface area contributed by atoms with E-state index in [-0.39, 0.29) is 39.9 Å². The normalized spacial score (nSPS) is 14.3. The largest absolute Gasteiger partial charge is 0.450 e. The first kappa shape index (κ1) is 25.0. The molecule has 0 unspecified atom stereocenters. The van der Waals surface area contributed by atoms with E-state index in [0.29, 0.717) is 17.7 Å². The molecule has 37 heavy (non-hydrogen) atoms. The Bertz CT molecular complexity index is 1500. The van der Waals surface area contributed by atoms with Crippen LogP contribution in [0.15, 0.2) is 71.4 Å². The van der Waals surface area contributed by atoms with Gasteiger partial charge in [0.05, 0.1) is 15.4 Å². The molecular weight excluding hydrogens is 499 g/mol. The molecule has 0 atom stereocenters. The number of aliphatic imine (C=N–C) groups is 1. The Morgan fingerprint density at radius 1 is 0.973 bits per heavy atom. The maximum atomic E-state index is 12.9. The second kappa shape index (κ2) is 9.53. The number of hydrogen-bond acceptors (Lipinski definition) is 8. The molecule has 4 rings (SSSR count). The zero-order valence-electron chi connectivity index (χ0n) is 18.7. The van der Waals surface area contributed by atoms with Gasteiger partial charge in [-0.2, -0.15) is 13.2 Å². The third-order valence-electron chi connectivity index (χ3n) is 5.25. The molecule has 1 aliphatic heterocycles. The van der Waals surface area contributed by atoms with Crippen LogP contribution in [0.3, 0.4) is 0 Å². The van der Waals surface area contributed by atoms with Crippen molar-refractivity contribution in [2.24, 2.45) is 4.99 Å². The van der Waals surface area contributed by atoms with Crippen molar-refractivity contribution in [3.63, 3.8) is 0 Å². The Labute approximate surface area is 205 Å². The molecule has 0 bridgehead atoms. The van der Waals surface area contributed by atoms with Gasteiger partial charge in [-0.3, -0.25) is 20.2 Å². The minimum absolute atomic E-state index is 0.0760. The van der Waals surface area contributed by atoms with Crippen LogP contribution in [0.4, 0.5) is 24.5 Å². The van der Waals surface area contributed by atoms with Gasteiger partial charge >= 0.3 is 17.8 Å². The van der Waals surface area contributed by atoms with E-state index in [4.69, 9.17) is 9.47 Å². The average Bonchev–Trinajstić information content (AvgIpc) is 3.19. The van der Waals surface area contributed by atoms with Gasteiger partial charge < -0.3 is 9.47 Å². The van der Waals surface area contributed by atoms with Gasteiger partial charge in [0.1, 0.15) is 5.75 Å². The van der Waals surface area contributed by atoms with Crippen molar-refractivity contribution in [2.75, 3.05) is 0 Å². The van der Waals surface area contributed by atoms with Crippen LogP contribution in [0.5, 0.6) is 11.5 Å². The number of nitrogens with zero attached hydrogens (tertiary/aromatic N) is 3. The summed E-state index contributed by atoms with van der Waals surface area (Å²) >= 11 is 0. The Balaban J connectivity index is 1.57. The molecule has 3 aromatic carbocycles. The highest BCUT2D eigenvalue weighted by Gasteiger charge is 2.33. The van der Waals surface area contributed by atoms with E-state index in [2.05, 4.69) is 4.99 Å². The molecule has 0 aromatic heterocycles. The number of nitro benzene ring substituents is 2. The molecule has 0 aliphatic carbocycles. The first-order valence-corrected chi connectivity index (χ1v) is 10.3. The molecule has 0 amide bonds. The Kier molecular flexibility index (Phi) is 6.45. The number of cyclic esters (lactones) is 1. The van der Waals surface area contributed by atoms with E-state index in [1.807, 2.05) is 0 Å².